The molecule has 3 atom stereocenters. The zero-order valence-electron chi connectivity index (χ0n) is 19.5. The van der Waals surface area contributed by atoms with E-state index in [0.29, 0.717) is 17.9 Å². The highest BCUT2D eigenvalue weighted by atomic mass is 16.6. The van der Waals surface area contributed by atoms with Crippen LogP contribution in [-0.2, 0) is 11.8 Å². The van der Waals surface area contributed by atoms with E-state index < -0.39 is 5.60 Å². The number of aromatic nitrogens is 4. The summed E-state index contributed by atoms with van der Waals surface area (Å²) in [6.07, 6.45) is 9.89. The van der Waals surface area contributed by atoms with Gasteiger partial charge in [-0.15, -0.1) is 0 Å². The van der Waals surface area contributed by atoms with Gasteiger partial charge in [0.15, 0.2) is 0 Å². The minimum absolute atomic E-state index is 0.190. The smallest absolute Gasteiger partial charge is 0.410 e. The predicted molar refractivity (Wildman–Crippen MR) is 124 cm³/mol. The molecular formula is C24H32N6O2. The topological polar surface area (TPSA) is 67.9 Å². The molecule has 2 fully saturated rings. The second kappa shape index (κ2) is 7.53. The molecule has 0 bridgehead atoms. The maximum Gasteiger partial charge on any atom is 0.410 e. The van der Waals surface area contributed by atoms with Crippen molar-refractivity contribution in [2.45, 2.75) is 45.3 Å². The SMILES string of the molecule is CN(c1cc(-c2cnn(C)c2)cn2nccc12)C1CCC2CN(C(=O)OC(C)(C)C)CC21. The average Bonchev–Trinajstić information content (AvgIpc) is 3.48. The van der Waals surface area contributed by atoms with Crippen LogP contribution in [0.1, 0.15) is 33.6 Å². The van der Waals surface area contributed by atoms with E-state index in [2.05, 4.69) is 40.5 Å². The molecule has 0 aromatic carbocycles. The Morgan fingerprint density at radius 3 is 2.69 bits per heavy atom. The molecule has 8 nitrogen and oxygen atoms in total. The molecular weight excluding hydrogens is 404 g/mol. The van der Waals surface area contributed by atoms with Gasteiger partial charge in [0, 0.05) is 62.7 Å². The molecule has 2 aliphatic rings. The van der Waals surface area contributed by atoms with Crippen LogP contribution in [0.2, 0.25) is 0 Å². The first-order valence-corrected chi connectivity index (χ1v) is 11.4. The number of fused-ring (bicyclic) bond motifs is 2. The number of nitrogens with zero attached hydrogens (tertiary/aromatic N) is 6. The average molecular weight is 437 g/mol. The van der Waals surface area contributed by atoms with Crippen molar-refractivity contribution in [1.82, 2.24) is 24.3 Å². The Balaban J connectivity index is 1.42. The Bertz CT molecular complexity index is 1140. The first kappa shape index (κ1) is 20.8. The molecule has 3 aromatic rings. The highest BCUT2D eigenvalue weighted by molar-refractivity contribution is 5.79. The molecule has 3 unspecified atom stereocenters. The van der Waals surface area contributed by atoms with Crippen molar-refractivity contribution in [3.05, 3.63) is 36.9 Å². The van der Waals surface area contributed by atoms with Gasteiger partial charge >= 0.3 is 6.09 Å². The lowest BCUT2D eigenvalue weighted by molar-refractivity contribution is 0.0279. The number of likely N-dealkylation sites (tertiary alicyclic amines) is 1. The Hall–Kier alpha value is -3.03. The van der Waals surface area contributed by atoms with Crippen LogP contribution in [0.25, 0.3) is 16.6 Å². The molecule has 170 valence electrons. The summed E-state index contributed by atoms with van der Waals surface area (Å²) in [5, 5.41) is 8.84. The lowest BCUT2D eigenvalue weighted by Gasteiger charge is -2.32. The monoisotopic (exact) mass is 436 g/mol. The first-order chi connectivity index (χ1) is 15.2. The van der Waals surface area contributed by atoms with Crippen LogP contribution in [0.15, 0.2) is 36.9 Å². The third kappa shape index (κ3) is 3.72. The number of carbonyl (C=O) groups is 1. The zero-order chi connectivity index (χ0) is 22.6. The molecule has 0 radical (unpaired) electrons. The van der Waals surface area contributed by atoms with Crippen molar-refractivity contribution in [1.29, 1.82) is 0 Å². The van der Waals surface area contributed by atoms with Gasteiger partial charge in [0.25, 0.3) is 0 Å². The van der Waals surface area contributed by atoms with Crippen LogP contribution in [0.4, 0.5) is 10.5 Å². The van der Waals surface area contributed by atoms with E-state index >= 15 is 0 Å². The fourth-order valence-corrected chi connectivity index (χ4v) is 5.39. The second-order valence-corrected chi connectivity index (χ2v) is 10.2. The predicted octanol–water partition coefficient (Wildman–Crippen LogP) is 3.82. The lowest BCUT2D eigenvalue weighted by Crippen LogP contribution is -2.40. The standard InChI is InChI=1S/C24H32N6O2/c1-24(2,3)32-23(31)29-13-16-6-7-20(19(16)15-29)28(5)22-10-17(18-11-26-27(4)12-18)14-30-21(22)8-9-25-30/h8-12,14,16,19-20H,6-7,13,15H2,1-5H3. The minimum Gasteiger partial charge on any atom is -0.444 e. The molecule has 1 saturated carbocycles. The highest BCUT2D eigenvalue weighted by Crippen LogP contribution is 2.43. The van der Waals surface area contributed by atoms with E-state index in [1.807, 2.05) is 60.5 Å². The maximum atomic E-state index is 12.7. The second-order valence-electron chi connectivity index (χ2n) is 10.2. The van der Waals surface area contributed by atoms with Crippen molar-refractivity contribution in [3.8, 4) is 11.1 Å². The summed E-state index contributed by atoms with van der Waals surface area (Å²) >= 11 is 0. The van der Waals surface area contributed by atoms with Gasteiger partial charge in [0.2, 0.25) is 0 Å². The Morgan fingerprint density at radius 2 is 1.97 bits per heavy atom. The van der Waals surface area contributed by atoms with Crippen molar-refractivity contribution >= 4 is 17.3 Å². The number of rotatable bonds is 3. The Labute approximate surface area is 188 Å². The quantitative estimate of drug-likeness (QED) is 0.624. The van der Waals surface area contributed by atoms with Gasteiger partial charge in [-0.1, -0.05) is 0 Å². The maximum absolute atomic E-state index is 12.7. The van der Waals surface area contributed by atoms with Gasteiger partial charge in [0.05, 0.1) is 23.6 Å². The summed E-state index contributed by atoms with van der Waals surface area (Å²) < 4.78 is 9.40. The fourth-order valence-electron chi connectivity index (χ4n) is 5.39. The van der Waals surface area contributed by atoms with Crippen LogP contribution in [-0.4, -0.2) is 62.2 Å². The molecule has 1 amide bonds. The van der Waals surface area contributed by atoms with Crippen LogP contribution >= 0.6 is 0 Å². The van der Waals surface area contributed by atoms with Crippen LogP contribution in [0.5, 0.6) is 0 Å². The van der Waals surface area contributed by atoms with Crippen molar-refractivity contribution in [3.63, 3.8) is 0 Å². The van der Waals surface area contributed by atoms with E-state index in [1.165, 1.54) is 0 Å². The van der Waals surface area contributed by atoms with Gasteiger partial charge in [-0.2, -0.15) is 10.2 Å². The molecule has 4 heterocycles. The largest absolute Gasteiger partial charge is 0.444 e. The third-order valence-electron chi connectivity index (χ3n) is 6.87. The molecule has 8 heteroatoms. The van der Waals surface area contributed by atoms with Crippen molar-refractivity contribution in [2.75, 3.05) is 25.0 Å². The van der Waals surface area contributed by atoms with Crippen LogP contribution < -0.4 is 4.90 Å². The molecule has 0 spiro atoms. The Morgan fingerprint density at radius 1 is 1.16 bits per heavy atom. The minimum atomic E-state index is -0.467. The zero-order valence-corrected chi connectivity index (χ0v) is 19.5. The van der Waals surface area contributed by atoms with Crippen molar-refractivity contribution < 1.29 is 9.53 Å². The summed E-state index contributed by atoms with van der Waals surface area (Å²) in [5.74, 6) is 0.968. The van der Waals surface area contributed by atoms with Crippen LogP contribution in [0.3, 0.4) is 0 Å². The molecule has 32 heavy (non-hydrogen) atoms. The van der Waals surface area contributed by atoms with E-state index in [1.54, 1.807) is 0 Å². The number of ether oxygens (including phenoxy) is 1. The molecule has 0 N–H and O–H groups in total. The number of pyridine rings is 1. The molecule has 3 aromatic heterocycles. The summed E-state index contributed by atoms with van der Waals surface area (Å²) in [4.78, 5) is 17.0. The number of hydrogen-bond acceptors (Lipinski definition) is 5. The van der Waals surface area contributed by atoms with Gasteiger partial charge in [-0.25, -0.2) is 9.31 Å². The number of aryl methyl sites for hydroxylation is 1. The van der Waals surface area contributed by atoms with Gasteiger partial charge < -0.3 is 14.5 Å². The number of hydrogen-bond donors (Lipinski definition) is 0. The van der Waals surface area contributed by atoms with Gasteiger partial charge in [-0.05, 0) is 51.7 Å². The molecule has 5 rings (SSSR count). The van der Waals surface area contributed by atoms with Gasteiger partial charge in [-0.3, -0.25) is 4.68 Å². The van der Waals surface area contributed by atoms with E-state index in [4.69, 9.17) is 4.74 Å². The van der Waals surface area contributed by atoms with Crippen molar-refractivity contribution in [2.24, 2.45) is 18.9 Å². The third-order valence-corrected chi connectivity index (χ3v) is 6.87. The lowest BCUT2D eigenvalue weighted by atomic mass is 9.96. The Kier molecular flexibility index (Phi) is 4.91. The summed E-state index contributed by atoms with van der Waals surface area (Å²) in [5.41, 5.74) is 3.94. The number of carbonyl (C=O) groups excluding carboxylic acids is 1. The number of anilines is 1. The summed E-state index contributed by atoms with van der Waals surface area (Å²) in [6.45, 7) is 7.31. The summed E-state index contributed by atoms with van der Waals surface area (Å²) in [7, 11) is 4.11. The van der Waals surface area contributed by atoms with E-state index in [0.717, 1.165) is 48.3 Å². The highest BCUT2D eigenvalue weighted by Gasteiger charge is 2.46. The molecule has 1 saturated heterocycles. The summed E-state index contributed by atoms with van der Waals surface area (Å²) in [6, 6.07) is 4.67. The molecule has 1 aliphatic carbocycles. The van der Waals surface area contributed by atoms with E-state index in [9.17, 15) is 4.79 Å². The normalized spacial score (nSPS) is 23.0. The number of amides is 1. The van der Waals surface area contributed by atoms with E-state index in [-0.39, 0.29) is 6.09 Å². The van der Waals surface area contributed by atoms with Crippen LogP contribution in [0, 0.1) is 11.8 Å². The molecule has 1 aliphatic heterocycles. The first-order valence-electron chi connectivity index (χ1n) is 11.4. The fraction of sp³-hybridized carbons (Fsp3) is 0.542. The van der Waals surface area contributed by atoms with Gasteiger partial charge in [0.1, 0.15) is 5.60 Å².